The van der Waals surface area contributed by atoms with Crippen molar-refractivity contribution >= 4 is 29.9 Å². The Kier molecular flexibility index (Phi) is 7.76. The van der Waals surface area contributed by atoms with Crippen molar-refractivity contribution in [3.05, 3.63) is 65.5 Å². The molecule has 0 aliphatic carbocycles. The second-order valence-electron chi connectivity index (χ2n) is 6.43. The molecule has 3 N–H and O–H groups in total. The Morgan fingerprint density at radius 1 is 1.07 bits per heavy atom. The second-order valence-corrected chi connectivity index (χ2v) is 6.43. The summed E-state index contributed by atoms with van der Waals surface area (Å²) in [7, 11) is 0. The van der Waals surface area contributed by atoms with E-state index in [1.165, 1.54) is 24.3 Å². The maximum atomic E-state index is 12.9. The van der Waals surface area contributed by atoms with Crippen molar-refractivity contribution < 1.29 is 14.0 Å². The monoisotopic (exact) mass is 391 g/mol. The first kappa shape index (κ1) is 20.9. The van der Waals surface area contributed by atoms with Crippen LogP contribution in [0.2, 0.25) is 0 Å². The Hall–Kier alpha value is -2.44. The molecule has 3 rings (SSSR count). The van der Waals surface area contributed by atoms with E-state index in [0.29, 0.717) is 24.2 Å². The summed E-state index contributed by atoms with van der Waals surface area (Å²) in [6.07, 6.45) is 2.67. The maximum Gasteiger partial charge on any atom is 0.255 e. The lowest BCUT2D eigenvalue weighted by Crippen LogP contribution is -2.31. The highest BCUT2D eigenvalue weighted by molar-refractivity contribution is 6.04. The molecule has 2 aromatic carbocycles. The Bertz CT molecular complexity index is 760. The highest BCUT2D eigenvalue weighted by Gasteiger charge is 2.17. The smallest absolute Gasteiger partial charge is 0.255 e. The van der Waals surface area contributed by atoms with Gasteiger partial charge in [-0.15, -0.1) is 12.4 Å². The van der Waals surface area contributed by atoms with Gasteiger partial charge in [0.2, 0.25) is 5.91 Å². The van der Waals surface area contributed by atoms with Crippen LogP contribution in [0.5, 0.6) is 0 Å². The predicted octanol–water partition coefficient (Wildman–Crippen LogP) is 3.26. The first-order chi connectivity index (χ1) is 12.6. The lowest BCUT2D eigenvalue weighted by atomic mass is 10.1. The summed E-state index contributed by atoms with van der Waals surface area (Å²) >= 11 is 0. The molecule has 2 amide bonds. The summed E-state index contributed by atoms with van der Waals surface area (Å²) in [6.45, 7) is 1.42. The van der Waals surface area contributed by atoms with E-state index in [0.717, 1.165) is 24.9 Å². The molecule has 0 bridgehead atoms. The van der Waals surface area contributed by atoms with Gasteiger partial charge in [0, 0.05) is 30.3 Å². The van der Waals surface area contributed by atoms with E-state index in [9.17, 15) is 14.0 Å². The fourth-order valence-electron chi connectivity index (χ4n) is 2.94. The number of benzene rings is 2. The number of halogens is 2. The van der Waals surface area contributed by atoms with Crippen LogP contribution in [0.4, 0.5) is 10.1 Å². The number of rotatable bonds is 6. The number of nitrogens with one attached hydrogen (secondary N) is 3. The van der Waals surface area contributed by atoms with Crippen LogP contribution >= 0.6 is 12.4 Å². The van der Waals surface area contributed by atoms with Gasteiger partial charge in [0.05, 0.1) is 0 Å². The second kappa shape index (κ2) is 10.0. The van der Waals surface area contributed by atoms with Gasteiger partial charge >= 0.3 is 0 Å². The molecule has 144 valence electrons. The van der Waals surface area contributed by atoms with E-state index < -0.39 is 0 Å². The third-order valence-corrected chi connectivity index (χ3v) is 4.40. The molecule has 1 atom stereocenters. The van der Waals surface area contributed by atoms with E-state index in [-0.39, 0.29) is 36.1 Å². The molecule has 0 radical (unpaired) electrons. The van der Waals surface area contributed by atoms with Gasteiger partial charge in [-0.3, -0.25) is 9.59 Å². The molecule has 0 aromatic heterocycles. The topological polar surface area (TPSA) is 70.2 Å². The van der Waals surface area contributed by atoms with Gasteiger partial charge in [0.15, 0.2) is 0 Å². The Morgan fingerprint density at radius 2 is 1.78 bits per heavy atom. The number of hydrogen-bond donors (Lipinski definition) is 3. The quantitative estimate of drug-likeness (QED) is 0.707. The maximum absolute atomic E-state index is 12.9. The Morgan fingerprint density at radius 3 is 2.41 bits per heavy atom. The SMILES string of the molecule is Cl.O=C(CC1CCCN1)NCc1ccc(C(=O)Nc2ccc(F)cc2)cc1. The van der Waals surface area contributed by atoms with E-state index in [1.54, 1.807) is 12.1 Å². The van der Waals surface area contributed by atoms with Crippen LogP contribution in [0.3, 0.4) is 0 Å². The van der Waals surface area contributed by atoms with Crippen LogP contribution in [-0.4, -0.2) is 24.4 Å². The molecule has 2 aromatic rings. The normalized spacial score (nSPS) is 15.7. The van der Waals surface area contributed by atoms with E-state index in [1.807, 2.05) is 12.1 Å². The summed E-state index contributed by atoms with van der Waals surface area (Å²) < 4.78 is 12.9. The van der Waals surface area contributed by atoms with E-state index in [4.69, 9.17) is 0 Å². The molecule has 1 fully saturated rings. The minimum absolute atomic E-state index is 0. The summed E-state index contributed by atoms with van der Waals surface area (Å²) in [5.41, 5.74) is 1.96. The highest BCUT2D eigenvalue weighted by atomic mass is 35.5. The standard InChI is InChI=1S/C20H22FN3O2.ClH/c21-16-7-9-17(10-8-16)24-20(26)15-5-3-14(4-6-15)13-23-19(25)12-18-2-1-11-22-18;/h3-10,18,22H,1-2,11-13H2,(H,23,25)(H,24,26);1H. The molecular weight excluding hydrogens is 369 g/mol. The number of anilines is 1. The molecule has 27 heavy (non-hydrogen) atoms. The van der Waals surface area contributed by atoms with Crippen LogP contribution in [0.1, 0.15) is 35.2 Å². The number of hydrogen-bond acceptors (Lipinski definition) is 3. The third kappa shape index (κ3) is 6.34. The molecule has 1 aliphatic heterocycles. The molecule has 1 unspecified atom stereocenters. The fourth-order valence-corrected chi connectivity index (χ4v) is 2.94. The van der Waals surface area contributed by atoms with Crippen molar-refractivity contribution in [1.82, 2.24) is 10.6 Å². The van der Waals surface area contributed by atoms with Crippen molar-refractivity contribution in [2.45, 2.75) is 31.8 Å². The molecule has 1 heterocycles. The number of amides is 2. The van der Waals surface area contributed by atoms with Crippen LogP contribution in [0.15, 0.2) is 48.5 Å². The van der Waals surface area contributed by atoms with Crippen molar-refractivity contribution in [3.8, 4) is 0 Å². The van der Waals surface area contributed by atoms with Gasteiger partial charge in [-0.1, -0.05) is 12.1 Å². The van der Waals surface area contributed by atoms with Crippen LogP contribution in [0, 0.1) is 5.82 Å². The Balaban J connectivity index is 0.00000261. The molecule has 0 spiro atoms. The van der Waals surface area contributed by atoms with Crippen molar-refractivity contribution in [2.75, 3.05) is 11.9 Å². The van der Waals surface area contributed by atoms with Crippen LogP contribution in [-0.2, 0) is 11.3 Å². The van der Waals surface area contributed by atoms with Crippen molar-refractivity contribution in [3.63, 3.8) is 0 Å². The first-order valence-corrected chi connectivity index (χ1v) is 8.76. The molecule has 0 saturated carbocycles. The van der Waals surface area contributed by atoms with Crippen LogP contribution < -0.4 is 16.0 Å². The minimum atomic E-state index is -0.349. The molecule has 7 heteroatoms. The van der Waals surface area contributed by atoms with Crippen molar-refractivity contribution in [2.24, 2.45) is 0 Å². The zero-order valence-electron chi connectivity index (χ0n) is 14.8. The lowest BCUT2D eigenvalue weighted by Gasteiger charge is -2.11. The predicted molar refractivity (Wildman–Crippen MR) is 106 cm³/mol. The fraction of sp³-hybridized carbons (Fsp3) is 0.300. The molecular formula is C20H23ClFN3O2. The average molecular weight is 392 g/mol. The van der Waals surface area contributed by atoms with Gasteiger partial charge in [0.1, 0.15) is 5.82 Å². The number of carbonyl (C=O) groups is 2. The number of carbonyl (C=O) groups excluding carboxylic acids is 2. The molecule has 5 nitrogen and oxygen atoms in total. The Labute approximate surface area is 164 Å². The van der Waals surface area contributed by atoms with Gasteiger partial charge in [0.25, 0.3) is 5.91 Å². The van der Waals surface area contributed by atoms with Crippen molar-refractivity contribution in [1.29, 1.82) is 0 Å². The average Bonchev–Trinajstić information content (AvgIpc) is 3.15. The van der Waals surface area contributed by atoms with Gasteiger partial charge in [-0.25, -0.2) is 4.39 Å². The van der Waals surface area contributed by atoms with Gasteiger partial charge in [-0.05, 0) is 61.3 Å². The minimum Gasteiger partial charge on any atom is -0.352 e. The zero-order chi connectivity index (χ0) is 18.4. The first-order valence-electron chi connectivity index (χ1n) is 8.76. The molecule has 1 saturated heterocycles. The molecule has 1 aliphatic rings. The summed E-state index contributed by atoms with van der Waals surface area (Å²) in [5.74, 6) is -0.583. The largest absolute Gasteiger partial charge is 0.352 e. The van der Waals surface area contributed by atoms with E-state index in [2.05, 4.69) is 16.0 Å². The lowest BCUT2D eigenvalue weighted by molar-refractivity contribution is -0.121. The third-order valence-electron chi connectivity index (χ3n) is 4.40. The highest BCUT2D eigenvalue weighted by Crippen LogP contribution is 2.12. The van der Waals surface area contributed by atoms with E-state index >= 15 is 0 Å². The zero-order valence-corrected chi connectivity index (χ0v) is 15.7. The van der Waals surface area contributed by atoms with Crippen LogP contribution in [0.25, 0.3) is 0 Å². The van der Waals surface area contributed by atoms with Gasteiger partial charge in [-0.2, -0.15) is 0 Å². The summed E-state index contributed by atoms with van der Waals surface area (Å²) in [4.78, 5) is 24.1. The summed E-state index contributed by atoms with van der Waals surface area (Å²) in [6, 6.07) is 12.9. The van der Waals surface area contributed by atoms with Gasteiger partial charge < -0.3 is 16.0 Å². The summed E-state index contributed by atoms with van der Waals surface area (Å²) in [5, 5.41) is 8.92.